The number of hydrogen-bond acceptors (Lipinski definition) is 3. The number of carboxylic acid groups (broad SMARTS) is 1. The maximum absolute atomic E-state index is 10.4. The lowest BCUT2D eigenvalue weighted by molar-refractivity contribution is -0.138. The van der Waals surface area contributed by atoms with E-state index < -0.39 is 12.0 Å². The molecule has 0 aromatic heterocycles. The van der Waals surface area contributed by atoms with Gasteiger partial charge in [-0.3, -0.25) is 4.79 Å². The molecule has 0 saturated heterocycles. The minimum Gasteiger partial charge on any atom is -0.508 e. The molecule has 4 heteroatoms. The van der Waals surface area contributed by atoms with Gasteiger partial charge in [0.2, 0.25) is 0 Å². The zero-order valence-electron chi connectivity index (χ0n) is 8.39. The van der Waals surface area contributed by atoms with Crippen LogP contribution in [0.4, 0.5) is 0 Å². The van der Waals surface area contributed by atoms with Gasteiger partial charge in [0.15, 0.2) is 0 Å². The van der Waals surface area contributed by atoms with E-state index in [1.54, 1.807) is 12.1 Å². The van der Waals surface area contributed by atoms with Crippen molar-refractivity contribution in [1.29, 1.82) is 0 Å². The Morgan fingerprint density at radius 1 is 1.33 bits per heavy atom. The molecule has 1 atom stereocenters. The molecule has 0 heterocycles. The van der Waals surface area contributed by atoms with Gasteiger partial charge < -0.3 is 15.9 Å². The summed E-state index contributed by atoms with van der Waals surface area (Å²) in [6, 6.07) is 5.42. The van der Waals surface area contributed by atoms with E-state index in [9.17, 15) is 4.79 Å². The fourth-order valence-electron chi connectivity index (χ4n) is 0.973. The van der Waals surface area contributed by atoms with Gasteiger partial charge in [0.05, 0.1) is 0 Å². The van der Waals surface area contributed by atoms with E-state index in [0.29, 0.717) is 0 Å². The van der Waals surface area contributed by atoms with Crippen molar-refractivity contribution in [3.8, 4) is 5.75 Å². The van der Waals surface area contributed by atoms with Crippen molar-refractivity contribution in [3.63, 3.8) is 0 Å². The lowest BCUT2D eigenvalue weighted by Crippen LogP contribution is -2.32. The highest BCUT2D eigenvalue weighted by atomic mass is 16.4. The molecule has 0 fully saturated rings. The summed E-state index contributed by atoms with van der Waals surface area (Å²) in [5, 5.41) is 17.5. The van der Waals surface area contributed by atoms with E-state index in [1.165, 1.54) is 12.1 Å². The number of aromatic hydroxyl groups is 1. The third-order valence-electron chi connectivity index (χ3n) is 1.71. The van der Waals surface area contributed by atoms with E-state index in [0.717, 1.165) is 5.56 Å². The molecule has 0 unspecified atom stereocenters. The zero-order chi connectivity index (χ0) is 11.8. The van der Waals surface area contributed by atoms with Crippen LogP contribution in [-0.4, -0.2) is 22.2 Å². The average molecular weight is 209 g/mol. The summed E-state index contributed by atoms with van der Waals surface area (Å²) in [4.78, 5) is 10.4. The van der Waals surface area contributed by atoms with E-state index in [2.05, 4.69) is 13.2 Å². The highest BCUT2D eigenvalue weighted by molar-refractivity contribution is 5.73. The van der Waals surface area contributed by atoms with Gasteiger partial charge in [0.1, 0.15) is 11.8 Å². The number of phenols is 1. The predicted octanol–water partition coefficient (Wildman–Crippen LogP) is 1.15. The molecule has 82 valence electrons. The first-order valence-corrected chi connectivity index (χ1v) is 4.36. The van der Waals surface area contributed by atoms with Crippen molar-refractivity contribution < 1.29 is 15.0 Å². The molecular formula is C11H15NO3. The summed E-state index contributed by atoms with van der Waals surface area (Å²) in [5.74, 6) is -0.860. The average Bonchev–Trinajstić information content (AvgIpc) is 2.24. The second kappa shape index (κ2) is 6.62. The first-order chi connectivity index (χ1) is 7.09. The van der Waals surface area contributed by atoms with Crippen molar-refractivity contribution in [2.24, 2.45) is 5.73 Å². The molecule has 1 rings (SSSR count). The monoisotopic (exact) mass is 209 g/mol. The molecule has 1 aromatic rings. The van der Waals surface area contributed by atoms with Gasteiger partial charge in [-0.25, -0.2) is 0 Å². The first-order valence-electron chi connectivity index (χ1n) is 4.36. The Hall–Kier alpha value is -1.81. The van der Waals surface area contributed by atoms with Crippen LogP contribution in [0.15, 0.2) is 37.4 Å². The summed E-state index contributed by atoms with van der Waals surface area (Å²) in [6.07, 6.45) is 0.273. The minimum absolute atomic E-state index is 0.160. The van der Waals surface area contributed by atoms with Gasteiger partial charge in [0.25, 0.3) is 0 Å². The number of carboxylic acids is 1. The standard InChI is InChI=1S/C9H11NO3.C2H4/c10-8(9(12)13)5-6-1-3-7(11)4-2-6;1-2/h1-4,8,11H,5,10H2,(H,12,13);1-2H2/t8-;/m0./s1. The smallest absolute Gasteiger partial charge is 0.320 e. The van der Waals surface area contributed by atoms with Gasteiger partial charge in [-0.05, 0) is 24.1 Å². The van der Waals surface area contributed by atoms with Gasteiger partial charge in [-0.2, -0.15) is 0 Å². The minimum atomic E-state index is -1.02. The van der Waals surface area contributed by atoms with Crippen LogP contribution in [0.25, 0.3) is 0 Å². The second-order valence-electron chi connectivity index (χ2n) is 2.82. The van der Waals surface area contributed by atoms with Gasteiger partial charge >= 0.3 is 5.97 Å². The van der Waals surface area contributed by atoms with Crippen molar-refractivity contribution in [2.75, 3.05) is 0 Å². The topological polar surface area (TPSA) is 83.5 Å². The largest absolute Gasteiger partial charge is 0.508 e. The van der Waals surface area contributed by atoms with E-state index in [-0.39, 0.29) is 12.2 Å². The molecule has 1 aromatic carbocycles. The zero-order valence-corrected chi connectivity index (χ0v) is 8.39. The summed E-state index contributed by atoms with van der Waals surface area (Å²) in [5.41, 5.74) is 6.12. The Balaban J connectivity index is 0.000000921. The summed E-state index contributed by atoms with van der Waals surface area (Å²) >= 11 is 0. The molecule has 0 saturated carbocycles. The van der Waals surface area contributed by atoms with Crippen LogP contribution in [0, 0.1) is 0 Å². The van der Waals surface area contributed by atoms with Gasteiger partial charge in [-0.15, -0.1) is 13.2 Å². The second-order valence-corrected chi connectivity index (χ2v) is 2.82. The summed E-state index contributed by atoms with van der Waals surface area (Å²) < 4.78 is 0. The number of carbonyl (C=O) groups is 1. The van der Waals surface area contributed by atoms with E-state index >= 15 is 0 Å². The quantitative estimate of drug-likeness (QED) is 0.652. The van der Waals surface area contributed by atoms with Crippen LogP contribution < -0.4 is 5.73 Å². The summed E-state index contributed by atoms with van der Waals surface area (Å²) in [6.45, 7) is 6.00. The van der Waals surface area contributed by atoms with E-state index in [4.69, 9.17) is 15.9 Å². The van der Waals surface area contributed by atoms with Crippen LogP contribution >= 0.6 is 0 Å². The summed E-state index contributed by atoms with van der Waals surface area (Å²) in [7, 11) is 0. The molecule has 4 nitrogen and oxygen atoms in total. The number of aliphatic carboxylic acids is 1. The molecular weight excluding hydrogens is 194 g/mol. The Kier molecular flexibility index (Phi) is 5.82. The van der Waals surface area contributed by atoms with Crippen LogP contribution in [-0.2, 0) is 11.2 Å². The molecule has 4 N–H and O–H groups in total. The number of hydrogen-bond donors (Lipinski definition) is 3. The number of rotatable bonds is 3. The fourth-order valence-corrected chi connectivity index (χ4v) is 0.973. The number of benzene rings is 1. The van der Waals surface area contributed by atoms with Gasteiger partial charge in [0, 0.05) is 0 Å². The van der Waals surface area contributed by atoms with Gasteiger partial charge in [-0.1, -0.05) is 12.1 Å². The maximum atomic E-state index is 10.4. The molecule has 15 heavy (non-hydrogen) atoms. The van der Waals surface area contributed by atoms with Crippen LogP contribution in [0.1, 0.15) is 5.56 Å². The maximum Gasteiger partial charge on any atom is 0.320 e. The van der Waals surface area contributed by atoms with Crippen molar-refractivity contribution in [2.45, 2.75) is 12.5 Å². The highest BCUT2D eigenvalue weighted by Gasteiger charge is 2.11. The fraction of sp³-hybridized carbons (Fsp3) is 0.182. The van der Waals surface area contributed by atoms with E-state index in [1.807, 2.05) is 0 Å². The lowest BCUT2D eigenvalue weighted by atomic mass is 10.1. The first kappa shape index (κ1) is 13.2. The molecule has 0 aliphatic heterocycles. The lowest BCUT2D eigenvalue weighted by Gasteiger charge is -2.05. The third kappa shape index (κ3) is 4.83. The predicted molar refractivity (Wildman–Crippen MR) is 58.7 cm³/mol. The SMILES string of the molecule is C=C.N[C@@H](Cc1ccc(O)cc1)C(=O)O. The highest BCUT2D eigenvalue weighted by Crippen LogP contribution is 2.10. The molecule has 0 aliphatic carbocycles. The number of phenolic OH excluding ortho intramolecular Hbond substituents is 1. The third-order valence-corrected chi connectivity index (χ3v) is 1.71. The Labute approximate surface area is 88.7 Å². The molecule has 0 amide bonds. The molecule has 0 bridgehead atoms. The van der Waals surface area contributed by atoms with Crippen LogP contribution in [0.5, 0.6) is 5.75 Å². The van der Waals surface area contributed by atoms with Crippen molar-refractivity contribution >= 4 is 5.97 Å². The number of nitrogens with two attached hydrogens (primary N) is 1. The van der Waals surface area contributed by atoms with Crippen molar-refractivity contribution in [3.05, 3.63) is 43.0 Å². The Morgan fingerprint density at radius 3 is 2.20 bits per heavy atom. The molecule has 0 aliphatic rings. The van der Waals surface area contributed by atoms with Crippen LogP contribution in [0.2, 0.25) is 0 Å². The Morgan fingerprint density at radius 2 is 1.80 bits per heavy atom. The van der Waals surface area contributed by atoms with Crippen molar-refractivity contribution in [1.82, 2.24) is 0 Å². The molecule has 0 radical (unpaired) electrons. The molecule has 0 spiro atoms. The van der Waals surface area contributed by atoms with Crippen LogP contribution in [0.3, 0.4) is 0 Å². The normalized spacial score (nSPS) is 11.0. The Bertz CT molecular complexity index is 308.